The molecule has 0 aliphatic heterocycles. The van der Waals surface area contributed by atoms with Gasteiger partial charge in [0.15, 0.2) is 0 Å². The minimum Gasteiger partial charge on any atom is -0.491 e. The maximum absolute atomic E-state index is 12.6. The van der Waals surface area contributed by atoms with Crippen LogP contribution in [0, 0.1) is 11.3 Å². The van der Waals surface area contributed by atoms with Crippen molar-refractivity contribution in [2.45, 2.75) is 57.8 Å². The molecule has 2 saturated carbocycles. The number of para-hydroxylation sites is 2. The van der Waals surface area contributed by atoms with Crippen molar-refractivity contribution in [2.24, 2.45) is 11.3 Å². The minimum absolute atomic E-state index is 0.0697. The van der Waals surface area contributed by atoms with Gasteiger partial charge in [0.05, 0.1) is 18.7 Å². The third-order valence-corrected chi connectivity index (χ3v) is 5.31. The number of carbonyl (C=O) groups excluding carboxylic acids is 1. The van der Waals surface area contributed by atoms with E-state index < -0.39 is 11.4 Å². The molecule has 1 amide bonds. The van der Waals surface area contributed by atoms with Gasteiger partial charge in [0.1, 0.15) is 5.75 Å². The van der Waals surface area contributed by atoms with Crippen molar-refractivity contribution in [3.63, 3.8) is 0 Å². The Balaban J connectivity index is 1.63. The molecule has 5 heteroatoms. The molecule has 0 radical (unpaired) electrons. The van der Waals surface area contributed by atoms with Gasteiger partial charge >= 0.3 is 5.97 Å². The van der Waals surface area contributed by atoms with Crippen LogP contribution in [0.2, 0.25) is 0 Å². The zero-order valence-electron chi connectivity index (χ0n) is 14.6. The number of carboxylic acid groups (broad SMARTS) is 1. The Morgan fingerprint density at radius 3 is 2.52 bits per heavy atom. The van der Waals surface area contributed by atoms with Crippen molar-refractivity contribution < 1.29 is 19.4 Å². The van der Waals surface area contributed by atoms with Crippen LogP contribution in [-0.2, 0) is 9.59 Å². The maximum Gasteiger partial charge on any atom is 0.303 e. The number of ether oxygens (including phenoxy) is 1. The van der Waals surface area contributed by atoms with Gasteiger partial charge in [-0.25, -0.2) is 0 Å². The first-order valence-corrected chi connectivity index (χ1v) is 9.30. The molecule has 2 N–H and O–H groups in total. The van der Waals surface area contributed by atoms with Crippen LogP contribution in [0.15, 0.2) is 24.3 Å². The molecule has 136 valence electrons. The molecular formula is C20H27NO4. The van der Waals surface area contributed by atoms with E-state index in [-0.39, 0.29) is 18.7 Å². The van der Waals surface area contributed by atoms with Crippen LogP contribution in [0.25, 0.3) is 0 Å². The lowest BCUT2D eigenvalue weighted by atomic mass is 9.69. The van der Waals surface area contributed by atoms with Gasteiger partial charge in [0.2, 0.25) is 5.91 Å². The van der Waals surface area contributed by atoms with Crippen LogP contribution < -0.4 is 10.1 Å². The molecule has 1 aromatic rings. The van der Waals surface area contributed by atoms with E-state index in [0.717, 1.165) is 32.1 Å². The number of rotatable bonds is 8. The summed E-state index contributed by atoms with van der Waals surface area (Å²) in [5.74, 6) is 0.400. The number of anilines is 1. The molecule has 0 aromatic heterocycles. The van der Waals surface area contributed by atoms with Crippen LogP contribution >= 0.6 is 0 Å². The predicted octanol–water partition coefficient (Wildman–Crippen LogP) is 4.23. The minimum atomic E-state index is -0.817. The molecule has 0 unspecified atom stereocenters. The smallest absolute Gasteiger partial charge is 0.303 e. The number of carbonyl (C=O) groups is 2. The zero-order valence-corrected chi connectivity index (χ0v) is 14.6. The van der Waals surface area contributed by atoms with Crippen molar-refractivity contribution in [1.29, 1.82) is 0 Å². The molecule has 3 rings (SSSR count). The van der Waals surface area contributed by atoms with E-state index in [4.69, 9.17) is 4.74 Å². The summed E-state index contributed by atoms with van der Waals surface area (Å²) in [7, 11) is 0. The molecule has 0 saturated heterocycles. The molecule has 5 nitrogen and oxygen atoms in total. The lowest BCUT2D eigenvalue weighted by Crippen LogP contribution is -2.32. The highest BCUT2D eigenvalue weighted by atomic mass is 16.5. The average molecular weight is 345 g/mol. The Hall–Kier alpha value is -2.04. The first-order valence-electron chi connectivity index (χ1n) is 9.30. The van der Waals surface area contributed by atoms with Gasteiger partial charge in [-0.15, -0.1) is 0 Å². The molecule has 0 atom stereocenters. The largest absolute Gasteiger partial charge is 0.491 e. The molecule has 25 heavy (non-hydrogen) atoms. The third-order valence-electron chi connectivity index (χ3n) is 5.31. The Labute approximate surface area is 148 Å². The fraction of sp³-hybridized carbons (Fsp3) is 0.600. The van der Waals surface area contributed by atoms with E-state index in [0.29, 0.717) is 24.0 Å². The molecule has 0 heterocycles. The highest BCUT2D eigenvalue weighted by Crippen LogP contribution is 2.42. The van der Waals surface area contributed by atoms with E-state index in [1.165, 1.54) is 12.8 Å². The van der Waals surface area contributed by atoms with E-state index in [1.54, 1.807) is 0 Å². The SMILES string of the molecule is O=C(O)CC1(CC(=O)Nc2ccccc2OCC2CC2)CCCCC1. The molecule has 2 aliphatic rings. The number of hydrogen-bond acceptors (Lipinski definition) is 3. The standard InChI is InChI=1S/C20H27NO4/c22-18(12-20(13-19(23)24)10-4-1-5-11-20)21-16-6-2-3-7-17(16)25-14-15-8-9-15/h2-3,6-7,15H,1,4-5,8-14H2,(H,21,22)(H,23,24). The first kappa shape index (κ1) is 17.8. The lowest BCUT2D eigenvalue weighted by molar-refractivity contribution is -0.140. The highest BCUT2D eigenvalue weighted by molar-refractivity contribution is 5.93. The van der Waals surface area contributed by atoms with E-state index in [2.05, 4.69) is 5.32 Å². The number of benzene rings is 1. The number of carboxylic acids is 1. The number of nitrogens with one attached hydrogen (secondary N) is 1. The second-order valence-electron chi connectivity index (χ2n) is 7.61. The fourth-order valence-corrected chi connectivity index (χ4v) is 3.76. The van der Waals surface area contributed by atoms with Crippen LogP contribution in [-0.4, -0.2) is 23.6 Å². The summed E-state index contributed by atoms with van der Waals surface area (Å²) < 4.78 is 5.83. The number of amides is 1. The topological polar surface area (TPSA) is 75.6 Å². The molecule has 1 aromatic carbocycles. The van der Waals surface area contributed by atoms with Gasteiger partial charge in [-0.3, -0.25) is 9.59 Å². The third kappa shape index (κ3) is 5.21. The summed E-state index contributed by atoms with van der Waals surface area (Å²) in [6.07, 6.45) is 7.51. The Bertz CT molecular complexity index is 618. The summed E-state index contributed by atoms with van der Waals surface area (Å²) in [4.78, 5) is 23.9. The van der Waals surface area contributed by atoms with Gasteiger partial charge < -0.3 is 15.2 Å². The van der Waals surface area contributed by atoms with E-state index >= 15 is 0 Å². The summed E-state index contributed by atoms with van der Waals surface area (Å²) in [6.45, 7) is 0.690. The van der Waals surface area contributed by atoms with Crippen molar-refractivity contribution in [3.8, 4) is 5.75 Å². The quantitative estimate of drug-likeness (QED) is 0.739. The van der Waals surface area contributed by atoms with Crippen LogP contribution in [0.5, 0.6) is 5.75 Å². The van der Waals surface area contributed by atoms with Gasteiger partial charge in [0.25, 0.3) is 0 Å². The van der Waals surface area contributed by atoms with Crippen LogP contribution in [0.3, 0.4) is 0 Å². The second kappa shape index (κ2) is 7.89. The summed E-state index contributed by atoms with van der Waals surface area (Å²) >= 11 is 0. The molecule has 2 aliphatic carbocycles. The van der Waals surface area contributed by atoms with Crippen LogP contribution in [0.4, 0.5) is 5.69 Å². The summed E-state index contributed by atoms with van der Waals surface area (Å²) in [6, 6.07) is 7.47. The molecule has 0 spiro atoms. The van der Waals surface area contributed by atoms with Crippen molar-refractivity contribution >= 4 is 17.6 Å². The lowest BCUT2D eigenvalue weighted by Gasteiger charge is -2.35. The number of hydrogen-bond donors (Lipinski definition) is 2. The monoisotopic (exact) mass is 345 g/mol. The van der Waals surface area contributed by atoms with Gasteiger partial charge in [-0.1, -0.05) is 31.4 Å². The molecule has 0 bridgehead atoms. The first-order chi connectivity index (χ1) is 12.1. The van der Waals surface area contributed by atoms with Gasteiger partial charge in [-0.2, -0.15) is 0 Å². The predicted molar refractivity (Wildman–Crippen MR) is 95.7 cm³/mol. The Morgan fingerprint density at radius 2 is 1.84 bits per heavy atom. The average Bonchev–Trinajstić information content (AvgIpc) is 3.38. The Morgan fingerprint density at radius 1 is 1.12 bits per heavy atom. The van der Waals surface area contributed by atoms with Gasteiger partial charge in [-0.05, 0) is 49.1 Å². The summed E-state index contributed by atoms with van der Waals surface area (Å²) in [5.41, 5.74) is 0.271. The second-order valence-corrected chi connectivity index (χ2v) is 7.61. The van der Waals surface area contributed by atoms with Crippen molar-refractivity contribution in [2.75, 3.05) is 11.9 Å². The van der Waals surface area contributed by atoms with Crippen LogP contribution in [0.1, 0.15) is 57.8 Å². The molecular weight excluding hydrogens is 318 g/mol. The summed E-state index contributed by atoms with van der Waals surface area (Å²) in [5, 5.41) is 12.2. The van der Waals surface area contributed by atoms with Gasteiger partial charge in [0, 0.05) is 6.42 Å². The zero-order chi connectivity index (χ0) is 17.7. The van der Waals surface area contributed by atoms with E-state index in [1.807, 2.05) is 24.3 Å². The normalized spacial score (nSPS) is 19.2. The maximum atomic E-state index is 12.6. The van der Waals surface area contributed by atoms with Crippen molar-refractivity contribution in [3.05, 3.63) is 24.3 Å². The van der Waals surface area contributed by atoms with Crippen molar-refractivity contribution in [1.82, 2.24) is 0 Å². The number of aliphatic carboxylic acids is 1. The Kier molecular flexibility index (Phi) is 5.61. The van der Waals surface area contributed by atoms with E-state index in [9.17, 15) is 14.7 Å². The molecule has 2 fully saturated rings. The fourth-order valence-electron chi connectivity index (χ4n) is 3.76. The highest BCUT2D eigenvalue weighted by Gasteiger charge is 2.36.